The van der Waals surface area contributed by atoms with Gasteiger partial charge in [0.25, 0.3) is 0 Å². The molecular weight excluding hydrogens is 302 g/mol. The molecule has 0 aliphatic carbocycles. The van der Waals surface area contributed by atoms with Crippen molar-refractivity contribution in [3.05, 3.63) is 42.4 Å². The molecule has 0 N–H and O–H groups in total. The van der Waals surface area contributed by atoms with E-state index in [0.29, 0.717) is 13.0 Å². The van der Waals surface area contributed by atoms with E-state index < -0.39 is 0 Å². The normalized spacial score (nSPS) is 17.8. The number of carbonyl (C=O) groups is 1. The standard InChI is InChI=1S/C18H25N5O/c1-15-8-11-20-23(15)13-9-18(24)21(2)16-6-5-12-22(14-16)17-7-3-4-10-19-17/h3-4,7-8,10-11,16H,5-6,9,12-14H2,1-2H3. The van der Waals surface area contributed by atoms with Crippen LogP contribution in [-0.2, 0) is 11.3 Å². The number of aryl methyl sites for hydroxylation is 2. The molecule has 0 bridgehead atoms. The minimum absolute atomic E-state index is 0.178. The van der Waals surface area contributed by atoms with E-state index in [-0.39, 0.29) is 11.9 Å². The number of hydrogen-bond acceptors (Lipinski definition) is 4. The Labute approximate surface area is 143 Å². The summed E-state index contributed by atoms with van der Waals surface area (Å²) in [6, 6.07) is 8.17. The highest BCUT2D eigenvalue weighted by Crippen LogP contribution is 2.20. The van der Waals surface area contributed by atoms with Crippen LogP contribution in [0.1, 0.15) is 25.0 Å². The third-order valence-electron chi connectivity index (χ3n) is 4.78. The lowest BCUT2D eigenvalue weighted by molar-refractivity contribution is -0.132. The molecule has 2 aromatic rings. The van der Waals surface area contributed by atoms with Crippen molar-refractivity contribution in [2.75, 3.05) is 25.0 Å². The lowest BCUT2D eigenvalue weighted by Gasteiger charge is -2.38. The summed E-state index contributed by atoms with van der Waals surface area (Å²) in [4.78, 5) is 21.2. The van der Waals surface area contributed by atoms with Crippen molar-refractivity contribution in [1.29, 1.82) is 0 Å². The maximum Gasteiger partial charge on any atom is 0.224 e. The molecule has 3 rings (SSSR count). The minimum atomic E-state index is 0.178. The van der Waals surface area contributed by atoms with Gasteiger partial charge in [0, 0.05) is 57.2 Å². The summed E-state index contributed by atoms with van der Waals surface area (Å²) in [5.41, 5.74) is 1.09. The number of amides is 1. The van der Waals surface area contributed by atoms with Gasteiger partial charge in [-0.3, -0.25) is 9.48 Å². The predicted octanol–water partition coefficient (Wildman–Crippen LogP) is 2.10. The second-order valence-corrected chi connectivity index (χ2v) is 6.38. The molecule has 1 atom stereocenters. The van der Waals surface area contributed by atoms with Gasteiger partial charge in [-0.2, -0.15) is 5.10 Å². The smallest absolute Gasteiger partial charge is 0.224 e. The highest BCUT2D eigenvalue weighted by Gasteiger charge is 2.26. The lowest BCUT2D eigenvalue weighted by Crippen LogP contribution is -2.49. The van der Waals surface area contributed by atoms with Crippen molar-refractivity contribution in [3.8, 4) is 0 Å². The van der Waals surface area contributed by atoms with Crippen LogP contribution in [0.2, 0.25) is 0 Å². The Hall–Kier alpha value is -2.37. The van der Waals surface area contributed by atoms with Gasteiger partial charge in [0.2, 0.25) is 5.91 Å². The summed E-state index contributed by atoms with van der Waals surface area (Å²) in [5.74, 6) is 1.17. The summed E-state index contributed by atoms with van der Waals surface area (Å²) in [7, 11) is 1.92. The summed E-state index contributed by atoms with van der Waals surface area (Å²) in [6.07, 6.45) is 6.21. The average molecular weight is 327 g/mol. The Bertz CT molecular complexity index is 669. The monoisotopic (exact) mass is 327 g/mol. The van der Waals surface area contributed by atoms with Crippen LogP contribution in [0.15, 0.2) is 36.7 Å². The summed E-state index contributed by atoms with van der Waals surface area (Å²) in [5, 5.41) is 4.24. The van der Waals surface area contributed by atoms with Gasteiger partial charge < -0.3 is 9.80 Å². The largest absolute Gasteiger partial charge is 0.355 e. The molecular formula is C18H25N5O. The SMILES string of the molecule is Cc1ccnn1CCC(=O)N(C)C1CCCN(c2ccccn2)C1. The van der Waals surface area contributed by atoms with Gasteiger partial charge >= 0.3 is 0 Å². The molecule has 1 fully saturated rings. The molecule has 0 aromatic carbocycles. The Morgan fingerprint density at radius 3 is 2.92 bits per heavy atom. The number of anilines is 1. The first-order valence-electron chi connectivity index (χ1n) is 8.55. The number of rotatable bonds is 5. The molecule has 6 nitrogen and oxygen atoms in total. The third kappa shape index (κ3) is 3.75. The quantitative estimate of drug-likeness (QED) is 0.844. The highest BCUT2D eigenvalue weighted by atomic mass is 16.2. The van der Waals surface area contributed by atoms with Crippen LogP contribution >= 0.6 is 0 Å². The zero-order valence-corrected chi connectivity index (χ0v) is 14.4. The van der Waals surface area contributed by atoms with Crippen LogP contribution in [0.5, 0.6) is 0 Å². The van der Waals surface area contributed by atoms with E-state index in [0.717, 1.165) is 37.4 Å². The Balaban J connectivity index is 1.56. The molecule has 1 unspecified atom stereocenters. The number of aromatic nitrogens is 3. The number of nitrogens with zero attached hydrogens (tertiary/aromatic N) is 5. The molecule has 1 saturated heterocycles. The van der Waals surface area contributed by atoms with Gasteiger partial charge in [-0.25, -0.2) is 4.98 Å². The fraction of sp³-hybridized carbons (Fsp3) is 0.500. The molecule has 128 valence electrons. The van der Waals surface area contributed by atoms with Crippen LogP contribution < -0.4 is 4.90 Å². The minimum Gasteiger partial charge on any atom is -0.355 e. The first-order chi connectivity index (χ1) is 11.6. The van der Waals surface area contributed by atoms with Gasteiger partial charge in [0.1, 0.15) is 5.82 Å². The van der Waals surface area contributed by atoms with Crippen molar-refractivity contribution < 1.29 is 4.79 Å². The van der Waals surface area contributed by atoms with Crippen molar-refractivity contribution in [2.24, 2.45) is 0 Å². The summed E-state index contributed by atoms with van der Waals surface area (Å²) < 4.78 is 1.88. The second-order valence-electron chi connectivity index (χ2n) is 6.38. The number of likely N-dealkylation sites (N-methyl/N-ethyl adjacent to an activating group) is 1. The predicted molar refractivity (Wildman–Crippen MR) is 93.8 cm³/mol. The van der Waals surface area contributed by atoms with E-state index in [9.17, 15) is 4.79 Å². The fourth-order valence-electron chi connectivity index (χ4n) is 3.23. The van der Waals surface area contributed by atoms with Gasteiger partial charge in [-0.1, -0.05) is 6.07 Å². The lowest BCUT2D eigenvalue weighted by atomic mass is 10.0. The molecule has 6 heteroatoms. The van der Waals surface area contributed by atoms with E-state index in [1.165, 1.54) is 0 Å². The zero-order chi connectivity index (χ0) is 16.9. The molecule has 24 heavy (non-hydrogen) atoms. The Morgan fingerprint density at radius 2 is 2.21 bits per heavy atom. The molecule has 0 radical (unpaired) electrons. The van der Waals surface area contributed by atoms with Gasteiger partial charge in [0.05, 0.1) is 0 Å². The molecule has 1 aliphatic rings. The fourth-order valence-corrected chi connectivity index (χ4v) is 3.23. The number of carbonyl (C=O) groups excluding carboxylic acids is 1. The van der Waals surface area contributed by atoms with E-state index in [2.05, 4.69) is 15.0 Å². The van der Waals surface area contributed by atoms with E-state index in [1.807, 2.05) is 54.0 Å². The van der Waals surface area contributed by atoms with Crippen LogP contribution in [-0.4, -0.2) is 51.8 Å². The first-order valence-corrected chi connectivity index (χ1v) is 8.55. The van der Waals surface area contributed by atoms with Crippen LogP contribution in [0.3, 0.4) is 0 Å². The van der Waals surface area contributed by atoms with Gasteiger partial charge in [-0.15, -0.1) is 0 Å². The Kier molecular flexibility index (Phi) is 5.13. The van der Waals surface area contributed by atoms with Crippen LogP contribution in [0.25, 0.3) is 0 Å². The number of piperidine rings is 1. The van der Waals surface area contributed by atoms with E-state index in [1.54, 1.807) is 6.20 Å². The highest BCUT2D eigenvalue weighted by molar-refractivity contribution is 5.76. The van der Waals surface area contributed by atoms with Crippen molar-refractivity contribution in [2.45, 2.75) is 38.8 Å². The van der Waals surface area contributed by atoms with Crippen molar-refractivity contribution in [1.82, 2.24) is 19.7 Å². The maximum absolute atomic E-state index is 12.5. The topological polar surface area (TPSA) is 54.3 Å². The molecule has 1 aliphatic heterocycles. The first kappa shape index (κ1) is 16.5. The van der Waals surface area contributed by atoms with Gasteiger partial charge in [0.15, 0.2) is 0 Å². The molecule has 1 amide bonds. The third-order valence-corrected chi connectivity index (χ3v) is 4.78. The van der Waals surface area contributed by atoms with Crippen molar-refractivity contribution >= 4 is 11.7 Å². The van der Waals surface area contributed by atoms with E-state index in [4.69, 9.17) is 0 Å². The van der Waals surface area contributed by atoms with E-state index >= 15 is 0 Å². The van der Waals surface area contributed by atoms with Gasteiger partial charge in [-0.05, 0) is 38.0 Å². The second kappa shape index (κ2) is 7.47. The van der Waals surface area contributed by atoms with Crippen LogP contribution in [0.4, 0.5) is 5.82 Å². The Morgan fingerprint density at radius 1 is 1.33 bits per heavy atom. The zero-order valence-electron chi connectivity index (χ0n) is 14.4. The van der Waals surface area contributed by atoms with Crippen molar-refractivity contribution in [3.63, 3.8) is 0 Å². The average Bonchev–Trinajstić information content (AvgIpc) is 3.05. The molecule has 0 saturated carbocycles. The number of hydrogen-bond donors (Lipinski definition) is 0. The maximum atomic E-state index is 12.5. The molecule has 3 heterocycles. The summed E-state index contributed by atoms with van der Waals surface area (Å²) in [6.45, 7) is 4.49. The molecule has 2 aromatic heterocycles. The van der Waals surface area contributed by atoms with Crippen LogP contribution in [0, 0.1) is 6.92 Å². The summed E-state index contributed by atoms with van der Waals surface area (Å²) >= 11 is 0. The number of pyridine rings is 1. The molecule has 0 spiro atoms.